The molecule has 0 saturated carbocycles. The third-order valence-electron chi connectivity index (χ3n) is 5.29. The number of nitrogens with zero attached hydrogens (tertiary/aromatic N) is 5. The molecule has 1 aromatic carbocycles. The summed E-state index contributed by atoms with van der Waals surface area (Å²) in [5.41, 5.74) is 2.32. The zero-order chi connectivity index (χ0) is 21.5. The molecule has 1 aliphatic heterocycles. The van der Waals surface area contributed by atoms with Crippen molar-refractivity contribution in [1.29, 1.82) is 0 Å². The van der Waals surface area contributed by atoms with E-state index in [1.807, 2.05) is 29.1 Å². The second-order valence-corrected chi connectivity index (χ2v) is 7.92. The molecule has 1 atom stereocenters. The van der Waals surface area contributed by atoms with Gasteiger partial charge in [0.25, 0.3) is 0 Å². The summed E-state index contributed by atoms with van der Waals surface area (Å²) < 4.78 is 1.86. The smallest absolute Gasteiger partial charge is 0.191 e. The molecule has 3 aromatic rings. The van der Waals surface area contributed by atoms with E-state index in [-0.39, 0.29) is 24.0 Å². The van der Waals surface area contributed by atoms with Crippen LogP contribution in [0, 0.1) is 0 Å². The van der Waals surface area contributed by atoms with E-state index in [2.05, 4.69) is 56.8 Å². The van der Waals surface area contributed by atoms with Crippen molar-refractivity contribution in [1.82, 2.24) is 25.4 Å². The Labute approximate surface area is 211 Å². The van der Waals surface area contributed by atoms with Gasteiger partial charge in [-0.25, -0.2) is 9.67 Å². The SMILES string of the molecule is CCNC(=NCCc1ccc(-n2cccn2)cc1)NC1CCN(c2ncccc2Cl)C1.I. The highest BCUT2D eigenvalue weighted by Gasteiger charge is 2.25. The number of aromatic nitrogens is 3. The Hall–Kier alpha value is -2.33. The Balaban J connectivity index is 0.00000289. The Morgan fingerprint density at radius 2 is 2.03 bits per heavy atom. The van der Waals surface area contributed by atoms with E-state index in [1.54, 1.807) is 12.4 Å². The molecule has 2 N–H and O–H groups in total. The first-order valence-electron chi connectivity index (χ1n) is 10.7. The van der Waals surface area contributed by atoms with E-state index in [0.717, 1.165) is 56.5 Å². The predicted molar refractivity (Wildman–Crippen MR) is 142 cm³/mol. The van der Waals surface area contributed by atoms with Crippen molar-refractivity contribution >= 4 is 47.4 Å². The zero-order valence-corrected chi connectivity index (χ0v) is 21.2. The number of pyridine rings is 1. The van der Waals surface area contributed by atoms with Gasteiger partial charge in [0, 0.05) is 50.8 Å². The monoisotopic (exact) mass is 565 g/mol. The van der Waals surface area contributed by atoms with Crippen LogP contribution >= 0.6 is 35.6 Å². The molecule has 170 valence electrons. The molecule has 32 heavy (non-hydrogen) atoms. The topological polar surface area (TPSA) is 70.4 Å². The lowest BCUT2D eigenvalue weighted by Gasteiger charge is -2.20. The Bertz CT molecular complexity index is 992. The van der Waals surface area contributed by atoms with Crippen LogP contribution in [-0.2, 0) is 6.42 Å². The molecule has 0 bridgehead atoms. The van der Waals surface area contributed by atoms with Crippen LogP contribution in [0.25, 0.3) is 5.69 Å². The van der Waals surface area contributed by atoms with E-state index in [9.17, 15) is 0 Å². The summed E-state index contributed by atoms with van der Waals surface area (Å²) in [6.45, 7) is 5.41. The van der Waals surface area contributed by atoms with E-state index in [4.69, 9.17) is 16.6 Å². The van der Waals surface area contributed by atoms with Gasteiger partial charge in [0.05, 0.1) is 10.7 Å². The highest BCUT2D eigenvalue weighted by atomic mass is 127. The summed E-state index contributed by atoms with van der Waals surface area (Å²) in [6.07, 6.45) is 7.42. The number of hydrogen-bond acceptors (Lipinski definition) is 4. The van der Waals surface area contributed by atoms with Gasteiger partial charge in [-0.15, -0.1) is 24.0 Å². The summed E-state index contributed by atoms with van der Waals surface area (Å²) in [7, 11) is 0. The fourth-order valence-electron chi connectivity index (χ4n) is 3.73. The van der Waals surface area contributed by atoms with E-state index >= 15 is 0 Å². The Morgan fingerprint density at radius 1 is 1.19 bits per heavy atom. The van der Waals surface area contributed by atoms with Gasteiger partial charge in [0.1, 0.15) is 5.82 Å². The Morgan fingerprint density at radius 3 is 2.75 bits per heavy atom. The van der Waals surface area contributed by atoms with Gasteiger partial charge in [0.2, 0.25) is 0 Å². The number of benzene rings is 1. The van der Waals surface area contributed by atoms with Crippen LogP contribution in [-0.4, -0.2) is 52.9 Å². The first kappa shape index (κ1) is 24.3. The molecule has 2 aromatic heterocycles. The van der Waals surface area contributed by atoms with Crippen molar-refractivity contribution in [2.24, 2.45) is 4.99 Å². The van der Waals surface area contributed by atoms with Gasteiger partial charge in [-0.3, -0.25) is 4.99 Å². The number of guanidine groups is 1. The van der Waals surface area contributed by atoms with Crippen LogP contribution in [0.15, 0.2) is 66.0 Å². The van der Waals surface area contributed by atoms with Crippen LogP contribution in [0.2, 0.25) is 5.02 Å². The molecule has 4 rings (SSSR count). The minimum atomic E-state index is 0. The van der Waals surface area contributed by atoms with Crippen molar-refractivity contribution in [3.05, 3.63) is 71.6 Å². The van der Waals surface area contributed by atoms with E-state index in [0.29, 0.717) is 11.1 Å². The first-order valence-corrected chi connectivity index (χ1v) is 11.1. The quantitative estimate of drug-likeness (QED) is 0.258. The average Bonchev–Trinajstić information content (AvgIpc) is 3.47. The van der Waals surface area contributed by atoms with Crippen molar-refractivity contribution in [3.63, 3.8) is 0 Å². The number of hydrogen-bond donors (Lipinski definition) is 2. The van der Waals surface area contributed by atoms with Crippen LogP contribution in [0.4, 0.5) is 5.82 Å². The second kappa shape index (κ2) is 12.1. The van der Waals surface area contributed by atoms with Crippen LogP contribution in [0.3, 0.4) is 0 Å². The van der Waals surface area contributed by atoms with Crippen LogP contribution in [0.1, 0.15) is 18.9 Å². The molecule has 0 spiro atoms. The van der Waals surface area contributed by atoms with Gasteiger partial charge in [0.15, 0.2) is 5.96 Å². The highest BCUT2D eigenvalue weighted by Crippen LogP contribution is 2.25. The molecule has 0 aliphatic carbocycles. The summed E-state index contributed by atoms with van der Waals surface area (Å²) in [4.78, 5) is 11.4. The second-order valence-electron chi connectivity index (χ2n) is 7.51. The summed E-state index contributed by atoms with van der Waals surface area (Å²) in [6, 6.07) is 14.4. The predicted octanol–water partition coefficient (Wildman–Crippen LogP) is 3.92. The fraction of sp³-hybridized carbons (Fsp3) is 0.348. The van der Waals surface area contributed by atoms with Gasteiger partial charge in [-0.05, 0) is 55.7 Å². The minimum absolute atomic E-state index is 0. The fourth-order valence-corrected chi connectivity index (χ4v) is 3.97. The lowest BCUT2D eigenvalue weighted by atomic mass is 10.1. The maximum absolute atomic E-state index is 6.31. The molecule has 9 heteroatoms. The van der Waals surface area contributed by atoms with Crippen LogP contribution in [0.5, 0.6) is 0 Å². The third-order valence-corrected chi connectivity index (χ3v) is 5.58. The lowest BCUT2D eigenvalue weighted by molar-refractivity contribution is 0.648. The zero-order valence-electron chi connectivity index (χ0n) is 18.1. The maximum atomic E-state index is 6.31. The van der Waals surface area contributed by atoms with Crippen molar-refractivity contribution < 1.29 is 0 Å². The molecular weight excluding hydrogens is 537 g/mol. The number of nitrogens with one attached hydrogen (secondary N) is 2. The van der Waals surface area contributed by atoms with E-state index in [1.165, 1.54) is 5.56 Å². The maximum Gasteiger partial charge on any atom is 0.191 e. The lowest BCUT2D eigenvalue weighted by Crippen LogP contribution is -2.44. The molecule has 7 nitrogen and oxygen atoms in total. The minimum Gasteiger partial charge on any atom is -0.357 e. The van der Waals surface area contributed by atoms with Crippen molar-refractivity contribution in [3.8, 4) is 5.69 Å². The number of rotatable bonds is 7. The van der Waals surface area contributed by atoms with Gasteiger partial charge in [-0.1, -0.05) is 23.7 Å². The third kappa shape index (κ3) is 6.35. The van der Waals surface area contributed by atoms with Crippen molar-refractivity contribution in [2.75, 3.05) is 31.1 Å². The molecule has 3 heterocycles. The van der Waals surface area contributed by atoms with E-state index < -0.39 is 0 Å². The van der Waals surface area contributed by atoms with Gasteiger partial charge in [-0.2, -0.15) is 5.10 Å². The summed E-state index contributed by atoms with van der Waals surface area (Å²) >= 11 is 6.31. The van der Waals surface area contributed by atoms with Gasteiger partial charge >= 0.3 is 0 Å². The number of anilines is 1. The molecule has 1 fully saturated rings. The molecule has 1 aliphatic rings. The largest absolute Gasteiger partial charge is 0.357 e. The summed E-state index contributed by atoms with van der Waals surface area (Å²) in [5.74, 6) is 1.71. The Kier molecular flexibility index (Phi) is 9.16. The molecule has 1 unspecified atom stereocenters. The van der Waals surface area contributed by atoms with Gasteiger partial charge < -0.3 is 15.5 Å². The normalized spacial score (nSPS) is 16.0. The molecule has 0 radical (unpaired) electrons. The first-order chi connectivity index (χ1) is 15.2. The number of halogens is 2. The number of aliphatic imine (C=N–C) groups is 1. The standard InChI is InChI=1S/C23H28ClN7.HI/c1-2-25-23(29-19-11-16-30(17-19)22-21(24)5-3-12-26-22)27-14-10-18-6-8-20(9-7-18)31-15-4-13-28-31;/h3-9,12-13,15,19H,2,10-11,14,16-17H2,1H3,(H2,25,27,29);1H. The van der Waals surface area contributed by atoms with Crippen LogP contribution < -0.4 is 15.5 Å². The average molecular weight is 566 g/mol. The highest BCUT2D eigenvalue weighted by molar-refractivity contribution is 14.0. The van der Waals surface area contributed by atoms with Crippen molar-refractivity contribution in [2.45, 2.75) is 25.8 Å². The molecular formula is C23H29ClIN7. The summed E-state index contributed by atoms with van der Waals surface area (Å²) in [5, 5.41) is 11.9. The molecule has 1 saturated heterocycles. The molecule has 0 amide bonds.